The molecule has 1 aromatic rings. The number of carbonyl (C=O) groups excluding carboxylic acids is 1. The molecule has 1 aliphatic heterocycles. The van der Waals surface area contributed by atoms with Crippen LogP contribution in [0.5, 0.6) is 0 Å². The summed E-state index contributed by atoms with van der Waals surface area (Å²) < 4.78 is 1.55. The van der Waals surface area contributed by atoms with Gasteiger partial charge in [0.1, 0.15) is 6.54 Å². The minimum Gasteiger partial charge on any atom is -0.339 e. The maximum atomic E-state index is 12.0. The molecule has 1 aliphatic rings. The minimum atomic E-state index is -0.155. The monoisotopic (exact) mass is 252 g/mol. The van der Waals surface area contributed by atoms with Crippen molar-refractivity contribution in [3.8, 4) is 0 Å². The van der Waals surface area contributed by atoms with Crippen molar-refractivity contribution in [1.82, 2.24) is 24.8 Å². The predicted molar refractivity (Wildman–Crippen MR) is 66.7 cm³/mol. The van der Waals surface area contributed by atoms with Crippen LogP contribution in [0.2, 0.25) is 0 Å². The summed E-state index contributed by atoms with van der Waals surface area (Å²) >= 11 is 0. The normalized spacial score (nSPS) is 18.9. The Labute approximate surface area is 107 Å². The van der Waals surface area contributed by atoms with Crippen molar-refractivity contribution in [3.63, 3.8) is 0 Å². The number of carbonyl (C=O) groups is 1. The van der Waals surface area contributed by atoms with E-state index in [-0.39, 0.29) is 18.5 Å². The first-order chi connectivity index (χ1) is 8.56. The van der Waals surface area contributed by atoms with Crippen molar-refractivity contribution >= 4 is 5.91 Å². The van der Waals surface area contributed by atoms with E-state index in [0.29, 0.717) is 5.69 Å². The zero-order chi connectivity index (χ0) is 13.1. The summed E-state index contributed by atoms with van der Waals surface area (Å²) in [5, 5.41) is 7.85. The first kappa shape index (κ1) is 13.0. The summed E-state index contributed by atoms with van der Waals surface area (Å²) in [5.74, 6) is 0.0872. The van der Waals surface area contributed by atoms with Gasteiger partial charge in [0.05, 0.1) is 11.9 Å². The number of likely N-dealkylation sites (N-methyl/N-ethyl adjacent to an activating group) is 1. The van der Waals surface area contributed by atoms with E-state index >= 15 is 0 Å². The number of nitrogens with zero attached hydrogens (tertiary/aromatic N) is 5. The molecule has 1 aromatic heterocycles. The lowest BCUT2D eigenvalue weighted by Gasteiger charge is -2.32. The average molecular weight is 252 g/mol. The van der Waals surface area contributed by atoms with Crippen LogP contribution in [0.25, 0.3) is 0 Å². The second-order valence-corrected chi connectivity index (χ2v) is 4.81. The van der Waals surface area contributed by atoms with Gasteiger partial charge in [0.15, 0.2) is 0 Å². The summed E-state index contributed by atoms with van der Waals surface area (Å²) in [5.41, 5.74) is 6.41. The lowest BCUT2D eigenvalue weighted by atomic mass is 10.3. The van der Waals surface area contributed by atoms with Crippen LogP contribution in [0.15, 0.2) is 6.20 Å². The van der Waals surface area contributed by atoms with E-state index in [1.165, 1.54) is 0 Å². The molecular weight excluding hydrogens is 232 g/mol. The van der Waals surface area contributed by atoms with Gasteiger partial charge >= 0.3 is 0 Å². The number of hydrogen-bond donors (Lipinski definition) is 1. The Morgan fingerprint density at radius 2 is 2.11 bits per heavy atom. The van der Waals surface area contributed by atoms with Crippen LogP contribution < -0.4 is 5.73 Å². The van der Waals surface area contributed by atoms with Gasteiger partial charge in [-0.3, -0.25) is 4.79 Å². The van der Waals surface area contributed by atoms with Gasteiger partial charge in [-0.2, -0.15) is 0 Å². The van der Waals surface area contributed by atoms with Crippen LogP contribution in [0.4, 0.5) is 0 Å². The summed E-state index contributed by atoms with van der Waals surface area (Å²) in [6.07, 6.45) is 1.73. The van der Waals surface area contributed by atoms with E-state index in [9.17, 15) is 4.79 Å². The molecule has 0 bridgehead atoms. The van der Waals surface area contributed by atoms with E-state index in [2.05, 4.69) is 22.3 Å². The Balaban J connectivity index is 1.90. The Morgan fingerprint density at radius 1 is 1.44 bits per heavy atom. The van der Waals surface area contributed by atoms with Gasteiger partial charge in [-0.25, -0.2) is 4.68 Å². The molecule has 100 valence electrons. The van der Waals surface area contributed by atoms with Crippen molar-refractivity contribution < 1.29 is 4.79 Å². The zero-order valence-electron chi connectivity index (χ0n) is 10.9. The number of aromatic nitrogens is 3. The first-order valence-corrected chi connectivity index (χ1v) is 6.18. The molecule has 18 heavy (non-hydrogen) atoms. The van der Waals surface area contributed by atoms with E-state index in [4.69, 9.17) is 5.73 Å². The molecule has 1 fully saturated rings. The minimum absolute atomic E-state index is 0.0872. The third-order valence-corrected chi connectivity index (χ3v) is 3.18. The molecule has 2 N–H and O–H groups in total. The van der Waals surface area contributed by atoms with E-state index in [0.717, 1.165) is 26.2 Å². The van der Waals surface area contributed by atoms with Crippen molar-refractivity contribution in [1.29, 1.82) is 0 Å². The van der Waals surface area contributed by atoms with Gasteiger partial charge < -0.3 is 15.5 Å². The second kappa shape index (κ2) is 5.45. The van der Waals surface area contributed by atoms with Crippen LogP contribution in [0, 0.1) is 0 Å². The van der Waals surface area contributed by atoms with Crippen molar-refractivity contribution in [2.75, 3.05) is 33.2 Å². The van der Waals surface area contributed by atoms with Gasteiger partial charge in [0, 0.05) is 32.2 Å². The zero-order valence-corrected chi connectivity index (χ0v) is 10.9. The van der Waals surface area contributed by atoms with Gasteiger partial charge in [0.25, 0.3) is 0 Å². The van der Waals surface area contributed by atoms with Crippen LogP contribution >= 0.6 is 0 Å². The maximum absolute atomic E-state index is 12.0. The van der Waals surface area contributed by atoms with Crippen LogP contribution in [0.3, 0.4) is 0 Å². The average Bonchev–Trinajstić information content (AvgIpc) is 2.78. The number of rotatable bonds is 3. The quantitative estimate of drug-likeness (QED) is 0.752. The number of piperazine rings is 1. The van der Waals surface area contributed by atoms with E-state index in [1.807, 2.05) is 11.8 Å². The van der Waals surface area contributed by atoms with Gasteiger partial charge in [-0.15, -0.1) is 5.10 Å². The molecule has 0 aliphatic carbocycles. The van der Waals surface area contributed by atoms with Crippen molar-refractivity contribution in [2.45, 2.75) is 19.5 Å². The standard InChI is InChI=1S/C11H20N6O/c1-9(12)10-7-17(14-13-10)8-11(18)16-5-3-15(2)4-6-16/h7,9H,3-6,8,12H2,1-2H3. The Kier molecular flexibility index (Phi) is 3.93. The van der Waals surface area contributed by atoms with Gasteiger partial charge in [-0.1, -0.05) is 5.21 Å². The molecular formula is C11H20N6O. The Hall–Kier alpha value is -1.47. The molecule has 2 heterocycles. The fraction of sp³-hybridized carbons (Fsp3) is 0.727. The molecule has 0 aromatic carbocycles. The summed E-state index contributed by atoms with van der Waals surface area (Å²) in [4.78, 5) is 16.1. The highest BCUT2D eigenvalue weighted by Gasteiger charge is 2.19. The number of nitrogens with two attached hydrogens (primary N) is 1. The smallest absolute Gasteiger partial charge is 0.244 e. The highest BCUT2D eigenvalue weighted by Crippen LogP contribution is 2.05. The predicted octanol–water partition coefficient (Wildman–Crippen LogP) is -0.928. The Bertz CT molecular complexity index is 407. The lowest BCUT2D eigenvalue weighted by molar-refractivity contribution is -0.133. The summed E-state index contributed by atoms with van der Waals surface area (Å²) in [6.45, 7) is 5.50. The molecule has 7 heteroatoms. The van der Waals surface area contributed by atoms with Gasteiger partial charge in [0.2, 0.25) is 5.91 Å². The van der Waals surface area contributed by atoms with Gasteiger partial charge in [-0.05, 0) is 14.0 Å². The topological polar surface area (TPSA) is 80.3 Å². The molecule has 1 unspecified atom stereocenters. The van der Waals surface area contributed by atoms with E-state index < -0.39 is 0 Å². The molecule has 7 nitrogen and oxygen atoms in total. The molecule has 0 spiro atoms. The molecule has 1 amide bonds. The fourth-order valence-corrected chi connectivity index (χ4v) is 1.89. The largest absolute Gasteiger partial charge is 0.339 e. The highest BCUT2D eigenvalue weighted by molar-refractivity contribution is 5.76. The molecule has 1 saturated heterocycles. The third kappa shape index (κ3) is 3.05. The molecule has 0 radical (unpaired) electrons. The summed E-state index contributed by atoms with van der Waals surface area (Å²) in [7, 11) is 2.06. The highest BCUT2D eigenvalue weighted by atomic mass is 16.2. The Morgan fingerprint density at radius 3 is 2.67 bits per heavy atom. The maximum Gasteiger partial charge on any atom is 0.244 e. The number of hydrogen-bond acceptors (Lipinski definition) is 5. The van der Waals surface area contributed by atoms with Crippen molar-refractivity contribution in [2.24, 2.45) is 5.73 Å². The second-order valence-electron chi connectivity index (χ2n) is 4.81. The van der Waals surface area contributed by atoms with Crippen LogP contribution in [0.1, 0.15) is 18.7 Å². The molecule has 2 rings (SSSR count). The number of amides is 1. The molecule has 0 saturated carbocycles. The summed E-state index contributed by atoms with van der Waals surface area (Å²) in [6, 6.07) is -0.155. The fourth-order valence-electron chi connectivity index (χ4n) is 1.89. The first-order valence-electron chi connectivity index (χ1n) is 6.18. The third-order valence-electron chi connectivity index (χ3n) is 3.18. The SMILES string of the molecule is CC(N)c1cn(CC(=O)N2CCN(C)CC2)nn1. The van der Waals surface area contributed by atoms with Crippen LogP contribution in [-0.2, 0) is 11.3 Å². The molecule has 1 atom stereocenters. The lowest BCUT2D eigenvalue weighted by Crippen LogP contribution is -2.48. The van der Waals surface area contributed by atoms with E-state index in [1.54, 1.807) is 10.9 Å². The van der Waals surface area contributed by atoms with Crippen molar-refractivity contribution in [3.05, 3.63) is 11.9 Å². The van der Waals surface area contributed by atoms with Crippen LogP contribution in [-0.4, -0.2) is 63.9 Å².